The molecule has 1 aliphatic carbocycles. The van der Waals surface area contributed by atoms with Gasteiger partial charge in [-0.3, -0.25) is 4.90 Å². The monoisotopic (exact) mass is 272 g/mol. The molecule has 1 saturated heterocycles. The van der Waals surface area contributed by atoms with Crippen LogP contribution in [0, 0.1) is 11.3 Å². The molecule has 1 aliphatic heterocycles. The van der Waals surface area contributed by atoms with Gasteiger partial charge >= 0.3 is 0 Å². The molecule has 4 nitrogen and oxygen atoms in total. The van der Waals surface area contributed by atoms with Gasteiger partial charge in [-0.1, -0.05) is 13.8 Å². The number of morpholine rings is 1. The van der Waals surface area contributed by atoms with Gasteiger partial charge < -0.3 is 4.74 Å². The van der Waals surface area contributed by atoms with Crippen LogP contribution in [0.1, 0.15) is 48.6 Å². The van der Waals surface area contributed by atoms with E-state index in [1.54, 1.807) is 0 Å². The van der Waals surface area contributed by atoms with Crippen molar-refractivity contribution >= 4 is 5.82 Å². The van der Waals surface area contributed by atoms with Crippen molar-refractivity contribution in [2.75, 3.05) is 31.2 Å². The van der Waals surface area contributed by atoms with Crippen LogP contribution in [0.4, 0.5) is 5.82 Å². The topological polar surface area (TPSA) is 50.4 Å². The Morgan fingerprint density at radius 1 is 1.20 bits per heavy atom. The van der Waals surface area contributed by atoms with Gasteiger partial charge in [-0.25, -0.2) is 4.98 Å². The summed E-state index contributed by atoms with van der Waals surface area (Å²) < 4.78 is 5.43. The third kappa shape index (κ3) is 2.16. The molecule has 0 saturated carbocycles. The van der Waals surface area contributed by atoms with E-state index in [9.17, 15) is 5.26 Å². The van der Waals surface area contributed by atoms with Gasteiger partial charge in [0.25, 0.3) is 5.82 Å². The summed E-state index contributed by atoms with van der Waals surface area (Å²) in [6.07, 6.45) is 3.32. The highest BCUT2D eigenvalue weighted by Crippen LogP contribution is 2.33. The molecule has 4 heteroatoms. The first-order valence-electron chi connectivity index (χ1n) is 7.56. The maximum Gasteiger partial charge on any atom is 0.293 e. The SMILES string of the molecule is CC(C)c1[nH+]c(N2CCOCC2)c(C#N)c2c1CCC2. The minimum absolute atomic E-state index is 0.467. The average molecular weight is 272 g/mol. The lowest BCUT2D eigenvalue weighted by Crippen LogP contribution is -2.41. The third-order valence-corrected chi connectivity index (χ3v) is 4.35. The first-order valence-corrected chi connectivity index (χ1v) is 7.56. The molecule has 3 rings (SSSR count). The lowest BCUT2D eigenvalue weighted by molar-refractivity contribution is -0.380. The summed E-state index contributed by atoms with van der Waals surface area (Å²) in [5, 5.41) is 9.61. The predicted molar refractivity (Wildman–Crippen MR) is 76.9 cm³/mol. The number of nitrogens with zero attached hydrogens (tertiary/aromatic N) is 2. The lowest BCUT2D eigenvalue weighted by Gasteiger charge is -2.24. The van der Waals surface area contributed by atoms with E-state index in [-0.39, 0.29) is 0 Å². The molecule has 1 fully saturated rings. The number of ether oxygens (including phenoxy) is 1. The Hall–Kier alpha value is -1.60. The zero-order valence-electron chi connectivity index (χ0n) is 12.3. The summed E-state index contributed by atoms with van der Waals surface area (Å²) >= 11 is 0. The first kappa shape index (κ1) is 13.4. The number of hydrogen-bond acceptors (Lipinski definition) is 3. The summed E-state index contributed by atoms with van der Waals surface area (Å²) in [5.74, 6) is 1.48. The van der Waals surface area contributed by atoms with Gasteiger partial charge in [0.05, 0.1) is 13.2 Å². The van der Waals surface area contributed by atoms with Crippen LogP contribution in [0.15, 0.2) is 0 Å². The van der Waals surface area contributed by atoms with E-state index in [0.717, 1.165) is 50.5 Å². The Labute approximate surface area is 120 Å². The Balaban J connectivity index is 2.13. The van der Waals surface area contributed by atoms with Gasteiger partial charge in [-0.15, -0.1) is 0 Å². The zero-order valence-corrected chi connectivity index (χ0v) is 12.3. The molecule has 0 spiro atoms. The second-order valence-electron chi connectivity index (χ2n) is 5.94. The Morgan fingerprint density at radius 2 is 1.90 bits per heavy atom. The lowest BCUT2D eigenvalue weighted by atomic mass is 9.97. The Bertz CT molecular complexity index is 554. The summed E-state index contributed by atoms with van der Waals surface area (Å²) in [4.78, 5) is 5.85. The molecule has 0 atom stereocenters. The molecule has 0 aromatic carbocycles. The molecule has 1 N–H and O–H groups in total. The fraction of sp³-hybridized carbons (Fsp3) is 0.625. The fourth-order valence-electron chi connectivity index (χ4n) is 3.36. The summed E-state index contributed by atoms with van der Waals surface area (Å²) in [5.41, 5.74) is 4.87. The van der Waals surface area contributed by atoms with Crippen molar-refractivity contribution in [3.63, 3.8) is 0 Å². The van der Waals surface area contributed by atoms with E-state index in [2.05, 4.69) is 29.8 Å². The molecule has 20 heavy (non-hydrogen) atoms. The number of hydrogen-bond donors (Lipinski definition) is 0. The minimum Gasteiger partial charge on any atom is -0.373 e. The molecule has 0 unspecified atom stereocenters. The number of rotatable bonds is 2. The number of fused-ring (bicyclic) bond motifs is 1. The van der Waals surface area contributed by atoms with Crippen LogP contribution in [0.5, 0.6) is 0 Å². The standard InChI is InChI=1S/C16H21N3O/c1-11(2)15-13-5-3-4-12(13)14(10-17)16(18-15)19-6-8-20-9-7-19/h11H,3-9H2,1-2H3/p+1. The maximum atomic E-state index is 9.61. The van der Waals surface area contributed by atoms with Crippen LogP contribution in [0.25, 0.3) is 0 Å². The highest BCUT2D eigenvalue weighted by atomic mass is 16.5. The van der Waals surface area contributed by atoms with Crippen molar-refractivity contribution in [3.8, 4) is 6.07 Å². The average Bonchev–Trinajstić information content (AvgIpc) is 2.95. The van der Waals surface area contributed by atoms with Gasteiger partial charge in [0.15, 0.2) is 0 Å². The van der Waals surface area contributed by atoms with E-state index < -0.39 is 0 Å². The smallest absolute Gasteiger partial charge is 0.293 e. The number of aromatic amines is 1. The molecule has 1 aromatic rings. The van der Waals surface area contributed by atoms with Gasteiger partial charge in [0, 0.05) is 5.92 Å². The second-order valence-corrected chi connectivity index (χ2v) is 5.94. The molecule has 0 bridgehead atoms. The quantitative estimate of drug-likeness (QED) is 0.825. The van der Waals surface area contributed by atoms with Crippen LogP contribution in [-0.4, -0.2) is 26.3 Å². The van der Waals surface area contributed by atoms with Crippen molar-refractivity contribution in [2.24, 2.45) is 0 Å². The van der Waals surface area contributed by atoms with Gasteiger partial charge in [-0.05, 0) is 30.4 Å². The number of nitriles is 1. The highest BCUT2D eigenvalue weighted by molar-refractivity contribution is 5.58. The molecule has 0 amide bonds. The van der Waals surface area contributed by atoms with Crippen molar-refractivity contribution in [3.05, 3.63) is 22.4 Å². The molecule has 0 radical (unpaired) electrons. The van der Waals surface area contributed by atoms with E-state index in [1.165, 1.54) is 23.2 Å². The van der Waals surface area contributed by atoms with E-state index >= 15 is 0 Å². The summed E-state index contributed by atoms with van der Waals surface area (Å²) in [6, 6.07) is 2.45. The van der Waals surface area contributed by atoms with Crippen LogP contribution in [0.3, 0.4) is 0 Å². The van der Waals surface area contributed by atoms with Gasteiger partial charge in [0.1, 0.15) is 30.4 Å². The molecular weight excluding hydrogens is 250 g/mol. The largest absolute Gasteiger partial charge is 0.373 e. The van der Waals surface area contributed by atoms with Crippen LogP contribution < -0.4 is 9.88 Å². The van der Waals surface area contributed by atoms with Crippen molar-refractivity contribution in [2.45, 2.75) is 39.0 Å². The van der Waals surface area contributed by atoms with E-state index in [4.69, 9.17) is 4.74 Å². The van der Waals surface area contributed by atoms with E-state index in [0.29, 0.717) is 5.92 Å². The molecule has 2 aliphatic rings. The fourth-order valence-corrected chi connectivity index (χ4v) is 3.36. The number of anilines is 1. The van der Waals surface area contributed by atoms with Crippen LogP contribution in [-0.2, 0) is 17.6 Å². The summed E-state index contributed by atoms with van der Waals surface area (Å²) in [7, 11) is 0. The van der Waals surface area contributed by atoms with Crippen LogP contribution in [0.2, 0.25) is 0 Å². The Morgan fingerprint density at radius 3 is 2.55 bits per heavy atom. The van der Waals surface area contributed by atoms with Crippen molar-refractivity contribution < 1.29 is 9.72 Å². The van der Waals surface area contributed by atoms with Gasteiger partial charge in [0.2, 0.25) is 0 Å². The molecule has 106 valence electrons. The number of aromatic nitrogens is 1. The van der Waals surface area contributed by atoms with Gasteiger partial charge in [-0.2, -0.15) is 5.26 Å². The second kappa shape index (κ2) is 5.41. The van der Waals surface area contributed by atoms with E-state index in [1.807, 2.05) is 0 Å². The normalized spacial score (nSPS) is 18.2. The molecule has 1 aromatic heterocycles. The minimum atomic E-state index is 0.467. The first-order chi connectivity index (χ1) is 9.72. The van der Waals surface area contributed by atoms with Crippen LogP contribution >= 0.6 is 0 Å². The van der Waals surface area contributed by atoms with Crippen molar-refractivity contribution in [1.82, 2.24) is 0 Å². The molecule has 2 heterocycles. The molecular formula is C16H22N3O+. The number of H-pyrrole nitrogens is 1. The number of pyridine rings is 1. The van der Waals surface area contributed by atoms with Crippen molar-refractivity contribution in [1.29, 1.82) is 5.26 Å². The maximum absolute atomic E-state index is 9.61. The number of nitrogens with one attached hydrogen (secondary N) is 1. The highest BCUT2D eigenvalue weighted by Gasteiger charge is 2.31. The zero-order chi connectivity index (χ0) is 14.1. The summed E-state index contributed by atoms with van der Waals surface area (Å²) in [6.45, 7) is 7.65. The Kier molecular flexibility index (Phi) is 3.62. The third-order valence-electron chi connectivity index (χ3n) is 4.35. The predicted octanol–water partition coefficient (Wildman–Crippen LogP) is 1.82.